The molecule has 5 heterocycles. The topological polar surface area (TPSA) is 105 Å². The van der Waals surface area contributed by atoms with Crippen molar-refractivity contribution in [2.24, 2.45) is 7.05 Å². The molecule has 3 aromatic rings. The van der Waals surface area contributed by atoms with Gasteiger partial charge >= 0.3 is 6.03 Å². The van der Waals surface area contributed by atoms with Crippen molar-refractivity contribution >= 4 is 27.4 Å². The lowest BCUT2D eigenvalue weighted by Gasteiger charge is -2.33. The van der Waals surface area contributed by atoms with Crippen molar-refractivity contribution in [3.05, 3.63) is 46.9 Å². The van der Waals surface area contributed by atoms with Crippen LogP contribution >= 0.6 is 0 Å². The Balaban J connectivity index is 1.46. The van der Waals surface area contributed by atoms with E-state index >= 15 is 0 Å². The molecule has 214 valence electrons. The molecule has 6 rings (SSSR count). The van der Waals surface area contributed by atoms with Crippen LogP contribution in [0.1, 0.15) is 54.1 Å². The Bertz CT molecular complexity index is 1550. The van der Waals surface area contributed by atoms with E-state index in [9.17, 15) is 22.0 Å². The number of amides is 2. The minimum atomic E-state index is -3.05. The van der Waals surface area contributed by atoms with Crippen LogP contribution in [0.25, 0.3) is 11.1 Å². The first-order valence-electron chi connectivity index (χ1n) is 13.6. The van der Waals surface area contributed by atoms with E-state index in [1.165, 1.54) is 0 Å². The van der Waals surface area contributed by atoms with Crippen LogP contribution in [0.5, 0.6) is 0 Å². The first kappa shape index (κ1) is 26.7. The van der Waals surface area contributed by atoms with Crippen LogP contribution < -0.4 is 10.2 Å². The number of benzene rings is 1. The number of fused-ring (bicyclic) bond motifs is 2. The summed E-state index contributed by atoms with van der Waals surface area (Å²) in [6, 6.07) is 3.19. The van der Waals surface area contributed by atoms with Crippen molar-refractivity contribution in [3.63, 3.8) is 0 Å². The largest absolute Gasteiger partial charge is 0.341 e. The molecule has 0 unspecified atom stereocenters. The Hall–Kier alpha value is -3.48. The van der Waals surface area contributed by atoms with E-state index < -0.39 is 16.3 Å². The zero-order chi connectivity index (χ0) is 28.2. The highest BCUT2D eigenvalue weighted by Gasteiger charge is 2.35. The number of hydrogen-bond donors (Lipinski definition) is 1. The molecule has 2 aromatic heterocycles. The lowest BCUT2D eigenvalue weighted by atomic mass is 9.92. The number of rotatable bonds is 4. The fourth-order valence-corrected chi connectivity index (χ4v) is 7.73. The fourth-order valence-electron chi connectivity index (χ4n) is 6.26. The third-order valence-corrected chi connectivity index (χ3v) is 10.0. The average molecular weight is 574 g/mol. The van der Waals surface area contributed by atoms with Crippen LogP contribution in [0.3, 0.4) is 0 Å². The molecule has 1 N–H and O–H groups in total. The summed E-state index contributed by atoms with van der Waals surface area (Å²) in [6.07, 6.45) is 3.77. The normalized spacial score (nSPS) is 19.0. The molecule has 0 radical (unpaired) electrons. The molecule has 2 amide bonds. The molecule has 0 spiro atoms. The van der Waals surface area contributed by atoms with E-state index in [1.807, 2.05) is 15.6 Å². The van der Waals surface area contributed by atoms with E-state index in [1.54, 1.807) is 42.1 Å². The summed E-state index contributed by atoms with van der Waals surface area (Å²) in [5, 5.41) is 11.9. The van der Waals surface area contributed by atoms with E-state index in [0.717, 1.165) is 29.7 Å². The Labute approximate surface area is 231 Å². The molecule has 1 fully saturated rings. The van der Waals surface area contributed by atoms with Gasteiger partial charge in [0.25, 0.3) is 6.43 Å². The van der Waals surface area contributed by atoms with E-state index in [0.29, 0.717) is 61.5 Å². The van der Waals surface area contributed by atoms with Crippen LogP contribution in [-0.2, 0) is 36.3 Å². The molecule has 10 nitrogen and oxygen atoms in total. The van der Waals surface area contributed by atoms with Crippen molar-refractivity contribution in [1.82, 2.24) is 29.8 Å². The second kappa shape index (κ2) is 10.2. The number of halogens is 2. The quantitative estimate of drug-likeness (QED) is 0.510. The van der Waals surface area contributed by atoms with Gasteiger partial charge in [0.05, 0.1) is 30.3 Å². The number of hydrogen-bond acceptors (Lipinski definition) is 6. The minimum Gasteiger partial charge on any atom is -0.341 e. The lowest BCUT2D eigenvalue weighted by molar-refractivity contribution is 0.152. The van der Waals surface area contributed by atoms with E-state index in [-0.39, 0.29) is 29.1 Å². The lowest BCUT2D eigenvalue weighted by Crippen LogP contribution is -2.42. The number of aromatic nitrogens is 4. The predicted octanol–water partition coefficient (Wildman–Crippen LogP) is 3.75. The van der Waals surface area contributed by atoms with Crippen LogP contribution in [0.15, 0.2) is 24.5 Å². The minimum absolute atomic E-state index is 0.0589. The highest BCUT2D eigenvalue weighted by atomic mass is 32.2. The second-order valence-corrected chi connectivity index (χ2v) is 13.1. The SMILES string of the molecule is CNC(=O)N1CCc2c(c(N3CCCc4cc(-c5cnn(C)c5)c(C(F)F)cc43)nn2C2CCS(=O)(=O)CC2)C1. The predicted molar refractivity (Wildman–Crippen MR) is 147 cm³/mol. The highest BCUT2D eigenvalue weighted by molar-refractivity contribution is 7.91. The molecule has 0 bridgehead atoms. The van der Waals surface area contributed by atoms with Crippen LogP contribution in [-0.4, -0.2) is 70.6 Å². The van der Waals surface area contributed by atoms with Crippen molar-refractivity contribution in [3.8, 4) is 11.1 Å². The Morgan fingerprint density at radius 3 is 2.60 bits per heavy atom. The van der Waals surface area contributed by atoms with Gasteiger partial charge in [0, 0.05) is 67.9 Å². The van der Waals surface area contributed by atoms with Crippen LogP contribution in [0, 0.1) is 0 Å². The van der Waals surface area contributed by atoms with Crippen LogP contribution in [0.2, 0.25) is 0 Å². The number of urea groups is 1. The van der Waals surface area contributed by atoms with Gasteiger partial charge in [-0.25, -0.2) is 22.0 Å². The van der Waals surface area contributed by atoms with Gasteiger partial charge in [-0.15, -0.1) is 0 Å². The monoisotopic (exact) mass is 573 g/mol. The molecule has 0 saturated carbocycles. The second-order valence-electron chi connectivity index (χ2n) is 10.8. The number of carbonyl (C=O) groups is 1. The number of nitrogens with zero attached hydrogens (tertiary/aromatic N) is 6. The van der Waals surface area contributed by atoms with Crippen molar-refractivity contribution < 1.29 is 22.0 Å². The molecular weight excluding hydrogens is 540 g/mol. The number of nitrogens with one attached hydrogen (secondary N) is 1. The Morgan fingerprint density at radius 1 is 1.15 bits per heavy atom. The van der Waals surface area contributed by atoms with E-state index in [2.05, 4.69) is 10.4 Å². The summed E-state index contributed by atoms with van der Waals surface area (Å²) in [5.41, 5.74) is 4.61. The molecule has 0 aliphatic carbocycles. The number of alkyl halides is 2. The summed E-state index contributed by atoms with van der Waals surface area (Å²) >= 11 is 0. The molecule has 3 aliphatic heterocycles. The molecule has 0 atom stereocenters. The molecule has 1 aromatic carbocycles. The third-order valence-electron chi connectivity index (χ3n) is 8.31. The first-order valence-corrected chi connectivity index (χ1v) is 15.5. The maximum atomic E-state index is 14.4. The maximum absolute atomic E-state index is 14.4. The average Bonchev–Trinajstić information content (AvgIpc) is 3.55. The highest BCUT2D eigenvalue weighted by Crippen LogP contribution is 2.43. The number of carbonyl (C=O) groups excluding carboxylic acids is 1. The van der Waals surface area contributed by atoms with Gasteiger partial charge in [0.15, 0.2) is 5.82 Å². The molecule has 13 heteroatoms. The van der Waals surface area contributed by atoms with Crippen molar-refractivity contribution in [1.29, 1.82) is 0 Å². The van der Waals surface area contributed by atoms with Crippen molar-refractivity contribution in [2.45, 2.75) is 51.1 Å². The van der Waals surface area contributed by atoms with Gasteiger partial charge in [-0.1, -0.05) is 0 Å². The summed E-state index contributed by atoms with van der Waals surface area (Å²) in [5.74, 6) is 0.896. The van der Waals surface area contributed by atoms with Gasteiger partial charge < -0.3 is 15.1 Å². The standard InChI is InChI=1S/C27H33F2N7O3S/c1-30-27(37)34-9-5-23-22(16-34)26(32-36(23)19-6-10-40(38,39)11-7-19)35-8-3-4-17-12-20(18-14-31-33(2)15-18)21(25(28)29)13-24(17)35/h12-15,19,25H,3-11,16H2,1-2H3,(H,30,37). The van der Waals surface area contributed by atoms with Gasteiger partial charge in [0.1, 0.15) is 9.84 Å². The van der Waals surface area contributed by atoms with E-state index in [4.69, 9.17) is 5.10 Å². The Morgan fingerprint density at radius 2 is 1.93 bits per heavy atom. The van der Waals surface area contributed by atoms with Crippen molar-refractivity contribution in [2.75, 3.05) is 36.5 Å². The smallest absolute Gasteiger partial charge is 0.317 e. The molecule has 3 aliphatic rings. The number of aryl methyl sites for hydroxylation is 2. The first-order chi connectivity index (χ1) is 19.1. The number of sulfone groups is 1. The Kier molecular flexibility index (Phi) is 6.79. The molecular formula is C27H33F2N7O3S. The summed E-state index contributed by atoms with van der Waals surface area (Å²) in [7, 11) is 0.303. The molecule has 1 saturated heterocycles. The van der Waals surface area contributed by atoms with Crippen LogP contribution in [0.4, 0.5) is 25.1 Å². The maximum Gasteiger partial charge on any atom is 0.317 e. The molecule has 40 heavy (non-hydrogen) atoms. The van der Waals surface area contributed by atoms with Gasteiger partial charge in [-0.3, -0.25) is 9.36 Å². The zero-order valence-corrected chi connectivity index (χ0v) is 23.4. The van der Waals surface area contributed by atoms with Gasteiger partial charge in [-0.05, 0) is 48.9 Å². The van der Waals surface area contributed by atoms with Gasteiger partial charge in [0.2, 0.25) is 0 Å². The fraction of sp³-hybridized carbons (Fsp3) is 0.519. The zero-order valence-electron chi connectivity index (χ0n) is 22.6. The summed E-state index contributed by atoms with van der Waals surface area (Å²) < 4.78 is 56.6. The summed E-state index contributed by atoms with van der Waals surface area (Å²) in [6.45, 7) is 1.46. The third kappa shape index (κ3) is 4.73. The number of anilines is 2. The summed E-state index contributed by atoms with van der Waals surface area (Å²) in [4.78, 5) is 16.3. The van der Waals surface area contributed by atoms with Gasteiger partial charge in [-0.2, -0.15) is 10.2 Å².